The summed E-state index contributed by atoms with van der Waals surface area (Å²) in [7, 11) is 0. The summed E-state index contributed by atoms with van der Waals surface area (Å²) in [5, 5.41) is 10.2. The lowest BCUT2D eigenvalue weighted by Gasteiger charge is -2.12. The second-order valence-electron chi connectivity index (χ2n) is 4.20. The normalized spacial score (nSPS) is 10.5. The average molecular weight is 346 g/mol. The molecule has 0 aliphatic heterocycles. The van der Waals surface area contributed by atoms with Gasteiger partial charge in [0.2, 0.25) is 0 Å². The van der Waals surface area contributed by atoms with Gasteiger partial charge < -0.3 is 9.84 Å². The molecule has 0 bridgehead atoms. The minimum atomic E-state index is -1.04. The van der Waals surface area contributed by atoms with Gasteiger partial charge in [-0.3, -0.25) is 0 Å². The number of hydrogen-bond donors (Lipinski definition) is 1. The first-order chi connectivity index (χ1) is 9.93. The summed E-state index contributed by atoms with van der Waals surface area (Å²) in [6.45, 7) is 2.30. The summed E-state index contributed by atoms with van der Waals surface area (Å²) in [5.74, 6) is -0.570. The fourth-order valence-electron chi connectivity index (χ4n) is 1.87. The number of carbonyl (C=O) groups is 1. The zero-order valence-corrected chi connectivity index (χ0v) is 13.3. The van der Waals surface area contributed by atoms with E-state index in [0.717, 1.165) is 0 Å². The number of aromatic carboxylic acids is 1. The molecule has 110 valence electrons. The van der Waals surface area contributed by atoms with Crippen molar-refractivity contribution in [1.82, 2.24) is 0 Å². The van der Waals surface area contributed by atoms with Gasteiger partial charge in [-0.2, -0.15) is 0 Å². The van der Waals surface area contributed by atoms with Crippen molar-refractivity contribution < 1.29 is 14.6 Å². The zero-order valence-electron chi connectivity index (χ0n) is 11.0. The standard InChI is InChI=1S/C15H11Cl3O3/c1-2-21-14-7-12(17)10(6-13(14)18)9-5-8(15(19)20)3-4-11(9)16/h3-7H,2H2,1H3,(H,19,20). The Morgan fingerprint density at radius 2 is 1.71 bits per heavy atom. The summed E-state index contributed by atoms with van der Waals surface area (Å²) in [6, 6.07) is 7.61. The number of carboxylic acid groups (broad SMARTS) is 1. The van der Waals surface area contributed by atoms with E-state index in [1.165, 1.54) is 18.2 Å². The molecule has 0 unspecified atom stereocenters. The molecule has 1 N–H and O–H groups in total. The lowest BCUT2D eigenvalue weighted by Crippen LogP contribution is -1.97. The van der Waals surface area contributed by atoms with Crippen molar-refractivity contribution in [2.45, 2.75) is 6.92 Å². The third-order valence-corrected chi connectivity index (χ3v) is 3.76. The molecule has 0 atom stereocenters. The molecule has 2 aromatic rings. The lowest BCUT2D eigenvalue weighted by molar-refractivity contribution is 0.0697. The highest BCUT2D eigenvalue weighted by molar-refractivity contribution is 6.38. The summed E-state index contributed by atoms with van der Waals surface area (Å²) in [5.41, 5.74) is 1.18. The van der Waals surface area contributed by atoms with Crippen molar-refractivity contribution in [3.8, 4) is 16.9 Å². The Bertz CT molecular complexity index is 699. The number of benzene rings is 2. The largest absolute Gasteiger partial charge is 0.492 e. The van der Waals surface area contributed by atoms with E-state index in [2.05, 4.69) is 0 Å². The first-order valence-electron chi connectivity index (χ1n) is 6.09. The summed E-state index contributed by atoms with van der Waals surface area (Å²) < 4.78 is 5.36. The second kappa shape index (κ2) is 6.56. The number of rotatable bonds is 4. The van der Waals surface area contributed by atoms with Crippen LogP contribution in [0.2, 0.25) is 15.1 Å². The summed E-state index contributed by atoms with van der Waals surface area (Å²) in [6.07, 6.45) is 0. The molecular formula is C15H11Cl3O3. The highest BCUT2D eigenvalue weighted by Crippen LogP contribution is 2.39. The maximum Gasteiger partial charge on any atom is 0.335 e. The number of carboxylic acids is 1. The Balaban J connectivity index is 2.59. The molecule has 3 nitrogen and oxygen atoms in total. The predicted octanol–water partition coefficient (Wildman–Crippen LogP) is 5.41. The van der Waals surface area contributed by atoms with Crippen LogP contribution < -0.4 is 4.74 Å². The molecule has 2 aromatic carbocycles. The van der Waals surface area contributed by atoms with E-state index >= 15 is 0 Å². The first kappa shape index (κ1) is 16.0. The van der Waals surface area contributed by atoms with E-state index < -0.39 is 5.97 Å². The molecule has 6 heteroatoms. The van der Waals surface area contributed by atoms with Crippen LogP contribution in [0.5, 0.6) is 5.75 Å². The van der Waals surface area contributed by atoms with E-state index in [1.807, 2.05) is 6.92 Å². The Labute approximate surface area is 137 Å². The van der Waals surface area contributed by atoms with Gasteiger partial charge in [-0.25, -0.2) is 4.79 Å². The van der Waals surface area contributed by atoms with Gasteiger partial charge in [-0.1, -0.05) is 34.8 Å². The molecule has 0 amide bonds. The van der Waals surface area contributed by atoms with Crippen LogP contribution in [0.25, 0.3) is 11.1 Å². The minimum absolute atomic E-state index is 0.121. The fourth-order valence-corrected chi connectivity index (χ4v) is 2.56. The lowest BCUT2D eigenvalue weighted by atomic mass is 10.0. The second-order valence-corrected chi connectivity index (χ2v) is 5.42. The molecule has 2 rings (SSSR count). The predicted molar refractivity (Wildman–Crippen MR) is 85.0 cm³/mol. The fraction of sp³-hybridized carbons (Fsp3) is 0.133. The summed E-state index contributed by atoms with van der Waals surface area (Å²) in [4.78, 5) is 11.1. The topological polar surface area (TPSA) is 46.5 Å². The van der Waals surface area contributed by atoms with Gasteiger partial charge in [-0.05, 0) is 31.2 Å². The quantitative estimate of drug-likeness (QED) is 0.805. The molecule has 21 heavy (non-hydrogen) atoms. The van der Waals surface area contributed by atoms with E-state index in [-0.39, 0.29) is 5.56 Å². The molecule has 0 aliphatic rings. The zero-order chi connectivity index (χ0) is 15.6. The van der Waals surface area contributed by atoms with Crippen LogP contribution in [-0.4, -0.2) is 17.7 Å². The van der Waals surface area contributed by atoms with Gasteiger partial charge in [0.1, 0.15) is 5.75 Å². The summed E-state index contributed by atoms with van der Waals surface area (Å²) >= 11 is 18.5. The van der Waals surface area contributed by atoms with Crippen LogP contribution >= 0.6 is 34.8 Å². The Hall–Kier alpha value is -1.42. The van der Waals surface area contributed by atoms with Crippen molar-refractivity contribution in [3.05, 3.63) is 51.0 Å². The average Bonchev–Trinajstić information content (AvgIpc) is 2.43. The van der Waals surface area contributed by atoms with Crippen LogP contribution in [0, 0.1) is 0 Å². The molecule has 0 aromatic heterocycles. The van der Waals surface area contributed by atoms with Crippen molar-refractivity contribution in [2.75, 3.05) is 6.61 Å². The molecule has 0 heterocycles. The molecule has 0 radical (unpaired) electrons. The highest BCUT2D eigenvalue weighted by Gasteiger charge is 2.14. The van der Waals surface area contributed by atoms with Gasteiger partial charge in [0.05, 0.1) is 22.2 Å². The van der Waals surface area contributed by atoms with Gasteiger partial charge in [-0.15, -0.1) is 0 Å². The van der Waals surface area contributed by atoms with E-state index in [4.69, 9.17) is 44.6 Å². The van der Waals surface area contributed by atoms with Crippen molar-refractivity contribution in [2.24, 2.45) is 0 Å². The van der Waals surface area contributed by atoms with Crippen LogP contribution in [0.3, 0.4) is 0 Å². The number of ether oxygens (including phenoxy) is 1. The SMILES string of the molecule is CCOc1cc(Cl)c(-c2cc(C(=O)O)ccc2Cl)cc1Cl. The third kappa shape index (κ3) is 3.43. The van der Waals surface area contributed by atoms with Gasteiger partial charge >= 0.3 is 5.97 Å². The van der Waals surface area contributed by atoms with E-state index in [1.54, 1.807) is 12.1 Å². The van der Waals surface area contributed by atoms with E-state index in [0.29, 0.717) is 38.6 Å². The van der Waals surface area contributed by atoms with Crippen LogP contribution in [0.4, 0.5) is 0 Å². The molecule has 0 spiro atoms. The molecule has 0 saturated carbocycles. The van der Waals surface area contributed by atoms with Crippen LogP contribution in [0.1, 0.15) is 17.3 Å². The first-order valence-corrected chi connectivity index (χ1v) is 7.22. The van der Waals surface area contributed by atoms with Gasteiger partial charge in [0.25, 0.3) is 0 Å². The van der Waals surface area contributed by atoms with Gasteiger partial charge in [0.15, 0.2) is 0 Å². The van der Waals surface area contributed by atoms with Crippen molar-refractivity contribution in [1.29, 1.82) is 0 Å². The number of hydrogen-bond acceptors (Lipinski definition) is 2. The molecule has 0 saturated heterocycles. The Morgan fingerprint density at radius 1 is 1.05 bits per heavy atom. The van der Waals surface area contributed by atoms with Crippen LogP contribution in [0.15, 0.2) is 30.3 Å². The molecule has 0 fully saturated rings. The maximum absolute atomic E-state index is 11.1. The third-order valence-electron chi connectivity index (χ3n) is 2.82. The highest BCUT2D eigenvalue weighted by atomic mass is 35.5. The smallest absolute Gasteiger partial charge is 0.335 e. The van der Waals surface area contributed by atoms with Crippen molar-refractivity contribution >= 4 is 40.8 Å². The monoisotopic (exact) mass is 344 g/mol. The molecule has 0 aliphatic carbocycles. The Kier molecular flexibility index (Phi) is 4.99. The minimum Gasteiger partial charge on any atom is -0.492 e. The van der Waals surface area contributed by atoms with E-state index in [9.17, 15) is 4.79 Å². The number of halogens is 3. The maximum atomic E-state index is 11.1. The van der Waals surface area contributed by atoms with Crippen LogP contribution in [-0.2, 0) is 0 Å². The van der Waals surface area contributed by atoms with Crippen molar-refractivity contribution in [3.63, 3.8) is 0 Å². The van der Waals surface area contributed by atoms with Gasteiger partial charge in [0, 0.05) is 22.2 Å². The Morgan fingerprint density at radius 3 is 2.33 bits per heavy atom. The molecular weight excluding hydrogens is 335 g/mol.